The second kappa shape index (κ2) is 8.27. The first-order chi connectivity index (χ1) is 9.79. The summed E-state index contributed by atoms with van der Waals surface area (Å²) in [5.74, 6) is 0.980. The molecule has 0 amide bonds. The van der Waals surface area contributed by atoms with E-state index in [1.165, 1.54) is 25.9 Å². The molecular weight excluding hydrogens is 252 g/mol. The van der Waals surface area contributed by atoms with Crippen molar-refractivity contribution in [2.24, 2.45) is 0 Å². The van der Waals surface area contributed by atoms with Gasteiger partial charge in [0.25, 0.3) is 0 Å². The fourth-order valence-electron chi connectivity index (χ4n) is 2.73. The summed E-state index contributed by atoms with van der Waals surface area (Å²) in [6, 6.07) is 0.432. The van der Waals surface area contributed by atoms with Crippen molar-refractivity contribution < 1.29 is 4.74 Å². The topological polar surface area (TPSA) is 42.3 Å². The minimum atomic E-state index is 0.432. The van der Waals surface area contributed by atoms with E-state index in [9.17, 15) is 0 Å². The number of hydrogen-bond acceptors (Lipinski definition) is 4. The average molecular weight is 280 g/mol. The molecule has 0 aromatic carbocycles. The highest BCUT2D eigenvalue weighted by Gasteiger charge is 2.15. The number of aromatic nitrogens is 2. The Hall–Kier alpha value is -1.07. The van der Waals surface area contributed by atoms with Gasteiger partial charge in [-0.25, -0.2) is 4.98 Å². The summed E-state index contributed by atoms with van der Waals surface area (Å²) >= 11 is 0. The number of aryl methyl sites for hydroxylation is 1. The summed E-state index contributed by atoms with van der Waals surface area (Å²) in [6.45, 7) is 10.4. The van der Waals surface area contributed by atoms with Gasteiger partial charge in [0, 0.05) is 44.7 Å². The number of ether oxygens (including phenoxy) is 1. The Balaban J connectivity index is 1.75. The maximum Gasteiger partial charge on any atom is 0.203 e. The molecule has 2 rings (SSSR count). The summed E-state index contributed by atoms with van der Waals surface area (Å²) in [5.41, 5.74) is 0. The molecule has 1 aromatic heterocycles. The molecule has 5 heteroatoms. The third-order valence-electron chi connectivity index (χ3n) is 3.71. The van der Waals surface area contributed by atoms with Gasteiger partial charge in [-0.05, 0) is 46.2 Å². The van der Waals surface area contributed by atoms with Gasteiger partial charge in [0.1, 0.15) is 0 Å². The Morgan fingerprint density at radius 1 is 1.40 bits per heavy atom. The molecular formula is C15H28N4O. The fraction of sp³-hybridized carbons (Fsp3) is 0.800. The number of nitrogens with one attached hydrogen (secondary N) is 1. The molecule has 1 N–H and O–H groups in total. The Bertz CT molecular complexity index is 374. The van der Waals surface area contributed by atoms with Gasteiger partial charge in [-0.1, -0.05) is 0 Å². The van der Waals surface area contributed by atoms with Crippen LogP contribution in [0, 0.1) is 0 Å². The van der Waals surface area contributed by atoms with Gasteiger partial charge in [-0.3, -0.25) is 0 Å². The lowest BCUT2D eigenvalue weighted by molar-refractivity contribution is 0.142. The minimum Gasteiger partial charge on any atom is -0.382 e. The number of rotatable bonds is 9. The molecule has 0 radical (unpaired) electrons. The average Bonchev–Trinajstić information content (AvgIpc) is 3.07. The maximum absolute atomic E-state index is 5.38. The zero-order valence-corrected chi connectivity index (χ0v) is 12.8. The van der Waals surface area contributed by atoms with Crippen LogP contribution in [0.15, 0.2) is 12.4 Å². The second-order valence-electron chi connectivity index (χ2n) is 5.55. The van der Waals surface area contributed by atoms with Crippen LogP contribution in [0.5, 0.6) is 0 Å². The summed E-state index contributed by atoms with van der Waals surface area (Å²) in [6.07, 6.45) is 7.62. The van der Waals surface area contributed by atoms with E-state index in [-0.39, 0.29) is 0 Å². The van der Waals surface area contributed by atoms with Crippen molar-refractivity contribution in [3.8, 4) is 0 Å². The second-order valence-corrected chi connectivity index (χ2v) is 5.55. The molecule has 20 heavy (non-hydrogen) atoms. The molecule has 1 unspecified atom stereocenters. The van der Waals surface area contributed by atoms with Gasteiger partial charge in [-0.15, -0.1) is 0 Å². The molecule has 5 nitrogen and oxygen atoms in total. The third kappa shape index (κ3) is 4.80. The Morgan fingerprint density at radius 3 is 2.95 bits per heavy atom. The van der Waals surface area contributed by atoms with Crippen molar-refractivity contribution in [2.45, 2.75) is 45.7 Å². The molecule has 2 heterocycles. The van der Waals surface area contributed by atoms with Crippen molar-refractivity contribution in [1.29, 1.82) is 0 Å². The standard InChI is InChI=1S/C15H28N4O/c1-3-20-12-6-10-19-11-7-16-15(19)17-14(2)13-18-8-4-5-9-18/h7,11,14H,3-6,8-10,12-13H2,1-2H3,(H,16,17). The molecule has 1 aliphatic heterocycles. The molecule has 0 aliphatic carbocycles. The van der Waals surface area contributed by atoms with Crippen molar-refractivity contribution in [2.75, 3.05) is 38.2 Å². The lowest BCUT2D eigenvalue weighted by Gasteiger charge is -2.22. The molecule has 1 aromatic rings. The van der Waals surface area contributed by atoms with Gasteiger partial charge in [0.05, 0.1) is 0 Å². The molecule has 1 saturated heterocycles. The van der Waals surface area contributed by atoms with Gasteiger partial charge >= 0.3 is 0 Å². The first-order valence-electron chi connectivity index (χ1n) is 7.87. The normalized spacial score (nSPS) is 17.5. The van der Waals surface area contributed by atoms with Crippen molar-refractivity contribution in [3.05, 3.63) is 12.4 Å². The zero-order valence-electron chi connectivity index (χ0n) is 12.8. The Morgan fingerprint density at radius 2 is 2.20 bits per heavy atom. The summed E-state index contributed by atoms with van der Waals surface area (Å²) in [4.78, 5) is 6.95. The van der Waals surface area contributed by atoms with Crippen molar-refractivity contribution >= 4 is 5.95 Å². The predicted molar refractivity (Wildman–Crippen MR) is 82.1 cm³/mol. The molecule has 0 spiro atoms. The first kappa shape index (κ1) is 15.3. The van der Waals surface area contributed by atoms with E-state index < -0.39 is 0 Å². The van der Waals surface area contributed by atoms with Crippen LogP contribution in [0.2, 0.25) is 0 Å². The highest BCUT2D eigenvalue weighted by atomic mass is 16.5. The van der Waals surface area contributed by atoms with Crippen LogP contribution < -0.4 is 5.32 Å². The predicted octanol–water partition coefficient (Wildman–Crippen LogP) is 2.21. The van der Waals surface area contributed by atoms with Crippen LogP contribution in [0.1, 0.15) is 33.1 Å². The summed E-state index contributed by atoms with van der Waals surface area (Å²) in [5, 5.41) is 3.53. The van der Waals surface area contributed by atoms with Crippen molar-refractivity contribution in [1.82, 2.24) is 14.5 Å². The van der Waals surface area contributed by atoms with Crippen LogP contribution in [-0.4, -0.2) is 53.3 Å². The SMILES string of the molecule is CCOCCCn1ccnc1NC(C)CN1CCCC1. The van der Waals surface area contributed by atoms with E-state index in [1.807, 2.05) is 19.3 Å². The van der Waals surface area contributed by atoms with Gasteiger partial charge in [-0.2, -0.15) is 0 Å². The molecule has 0 saturated carbocycles. The van der Waals surface area contributed by atoms with Crippen LogP contribution >= 0.6 is 0 Å². The smallest absolute Gasteiger partial charge is 0.203 e. The van der Waals surface area contributed by atoms with E-state index >= 15 is 0 Å². The lowest BCUT2D eigenvalue weighted by atomic mass is 10.3. The lowest BCUT2D eigenvalue weighted by Crippen LogP contribution is -2.33. The van der Waals surface area contributed by atoms with E-state index in [0.29, 0.717) is 6.04 Å². The highest BCUT2D eigenvalue weighted by molar-refractivity contribution is 5.27. The van der Waals surface area contributed by atoms with E-state index in [4.69, 9.17) is 4.74 Å². The summed E-state index contributed by atoms with van der Waals surface area (Å²) in [7, 11) is 0. The van der Waals surface area contributed by atoms with Gasteiger partial charge in [0.2, 0.25) is 5.95 Å². The first-order valence-corrected chi connectivity index (χ1v) is 7.87. The Kier molecular flexibility index (Phi) is 6.33. The van der Waals surface area contributed by atoms with Crippen molar-refractivity contribution in [3.63, 3.8) is 0 Å². The number of anilines is 1. The number of hydrogen-bond donors (Lipinski definition) is 1. The largest absolute Gasteiger partial charge is 0.382 e. The monoisotopic (exact) mass is 280 g/mol. The molecule has 1 aliphatic rings. The molecule has 114 valence electrons. The van der Waals surface area contributed by atoms with Crippen LogP contribution in [0.3, 0.4) is 0 Å². The molecule has 0 bridgehead atoms. The summed E-state index contributed by atoms with van der Waals surface area (Å²) < 4.78 is 7.56. The van der Waals surface area contributed by atoms with E-state index in [0.717, 1.165) is 38.7 Å². The highest BCUT2D eigenvalue weighted by Crippen LogP contribution is 2.11. The minimum absolute atomic E-state index is 0.432. The van der Waals surface area contributed by atoms with E-state index in [2.05, 4.69) is 26.7 Å². The van der Waals surface area contributed by atoms with Gasteiger partial charge in [0.15, 0.2) is 0 Å². The number of nitrogens with zero attached hydrogens (tertiary/aromatic N) is 3. The fourth-order valence-corrected chi connectivity index (χ4v) is 2.73. The maximum atomic E-state index is 5.38. The third-order valence-corrected chi connectivity index (χ3v) is 3.71. The molecule has 1 atom stereocenters. The van der Waals surface area contributed by atoms with Gasteiger partial charge < -0.3 is 19.5 Å². The Labute approximate surface area is 122 Å². The number of likely N-dealkylation sites (tertiary alicyclic amines) is 1. The molecule has 1 fully saturated rings. The zero-order chi connectivity index (χ0) is 14.2. The van der Waals surface area contributed by atoms with Crippen LogP contribution in [0.25, 0.3) is 0 Å². The van der Waals surface area contributed by atoms with Crippen LogP contribution in [0.4, 0.5) is 5.95 Å². The quantitative estimate of drug-likeness (QED) is 0.704. The number of imidazole rings is 1. The van der Waals surface area contributed by atoms with E-state index in [1.54, 1.807) is 0 Å². The van der Waals surface area contributed by atoms with Crippen LogP contribution in [-0.2, 0) is 11.3 Å².